The van der Waals surface area contributed by atoms with Gasteiger partial charge in [-0.1, -0.05) is 24.3 Å². The zero-order valence-electron chi connectivity index (χ0n) is 24.3. The number of alkyl halides is 6. The molecule has 50 heavy (non-hydrogen) atoms. The first-order valence-electron chi connectivity index (χ1n) is 13.6. The van der Waals surface area contributed by atoms with Crippen LogP contribution in [0.2, 0.25) is 0 Å². The summed E-state index contributed by atoms with van der Waals surface area (Å²) in [5.74, 6) is -8.69. The monoisotopic (exact) mass is 686 g/mol. The van der Waals surface area contributed by atoms with Crippen LogP contribution in [-0.4, -0.2) is 12.7 Å². The van der Waals surface area contributed by atoms with Crippen molar-refractivity contribution in [3.8, 4) is 70.2 Å². The van der Waals surface area contributed by atoms with E-state index in [1.165, 1.54) is 12.1 Å². The Bertz CT molecular complexity index is 2340. The van der Waals surface area contributed by atoms with Crippen molar-refractivity contribution in [2.24, 2.45) is 5.92 Å². The minimum Gasteiger partial charge on any atom is -0.406 e. The number of nitrogens with zero attached hydrogens (tertiary/aromatic N) is 6. The van der Waals surface area contributed by atoms with Crippen LogP contribution in [0.25, 0.3) is 39.0 Å². The van der Waals surface area contributed by atoms with E-state index in [0.717, 1.165) is 48.5 Å². The molecule has 8 nitrogen and oxygen atoms in total. The number of fused-ring (bicyclic) bond motifs is 2. The van der Waals surface area contributed by atoms with Crippen molar-refractivity contribution < 1.29 is 44.6 Å². The van der Waals surface area contributed by atoms with Crippen molar-refractivity contribution in [2.45, 2.75) is 18.6 Å². The lowest BCUT2D eigenvalue weighted by atomic mass is 9.76. The van der Waals surface area contributed by atoms with Gasteiger partial charge in [0.25, 0.3) is 0 Å². The molecule has 0 heterocycles. The Kier molecular flexibility index (Phi) is 8.53. The normalized spacial score (nSPS) is 14.9. The molecule has 0 saturated carbocycles. The molecule has 2 aliphatic carbocycles. The maximum Gasteiger partial charge on any atom is 0.573 e. The van der Waals surface area contributed by atoms with Crippen LogP contribution in [0.1, 0.15) is 28.2 Å². The number of nitriles is 6. The van der Waals surface area contributed by atoms with Crippen molar-refractivity contribution >= 4 is 16.7 Å². The number of hydrogen-bond acceptors (Lipinski definition) is 8. The average molecular weight is 686 g/mol. The molecule has 1 atom stereocenters. The SMILES string of the molecule is N#CC(C#N)=C1C(F)=C(C#N)c2c1c(-c1cccc(OC(F)(F)F)c1)c1c(c2-c2cccc(OC(F)(F)F)c2)C(C#N)=C(F)C1C(C#N)C#N. The fourth-order valence-corrected chi connectivity index (χ4v) is 5.95. The molecule has 0 N–H and O–H groups in total. The molecule has 3 aromatic rings. The van der Waals surface area contributed by atoms with Crippen LogP contribution < -0.4 is 9.47 Å². The van der Waals surface area contributed by atoms with Gasteiger partial charge in [0.05, 0.1) is 29.2 Å². The lowest BCUT2D eigenvalue weighted by Gasteiger charge is -2.25. The van der Waals surface area contributed by atoms with E-state index in [9.17, 15) is 57.9 Å². The molecule has 16 heteroatoms. The summed E-state index contributed by atoms with van der Waals surface area (Å²) in [6.07, 6.45) is -10.5. The van der Waals surface area contributed by atoms with Gasteiger partial charge >= 0.3 is 12.7 Å². The van der Waals surface area contributed by atoms with Gasteiger partial charge in [-0.2, -0.15) is 31.6 Å². The second-order valence-corrected chi connectivity index (χ2v) is 10.3. The summed E-state index contributed by atoms with van der Waals surface area (Å²) in [6.45, 7) is 0. The standard InChI is InChI=1S/C34H10F8N6O2/c35-31-21(13-47)27-23(15-3-1-5-19(7-15)49-33(37,38)39)28-22(14-48)32(36)26(18(11-45)12-46)30(28)24(29(27)25(31)17(9-43)10-44)16-4-2-6-20(8-16)50-34(40,41)42/h1-8,17,25H. The highest BCUT2D eigenvalue weighted by molar-refractivity contribution is 6.16. The molecule has 244 valence electrons. The minimum atomic E-state index is -5.24. The van der Waals surface area contributed by atoms with Gasteiger partial charge in [0.2, 0.25) is 0 Å². The van der Waals surface area contributed by atoms with Crippen LogP contribution in [0.3, 0.4) is 0 Å². The second kappa shape index (κ2) is 12.5. The fourth-order valence-electron chi connectivity index (χ4n) is 5.95. The van der Waals surface area contributed by atoms with E-state index in [2.05, 4.69) is 9.47 Å². The van der Waals surface area contributed by atoms with E-state index >= 15 is 8.78 Å². The largest absolute Gasteiger partial charge is 0.573 e. The highest BCUT2D eigenvalue weighted by atomic mass is 19.4. The summed E-state index contributed by atoms with van der Waals surface area (Å²) in [4.78, 5) is 0. The smallest absolute Gasteiger partial charge is 0.406 e. The first kappa shape index (κ1) is 34.2. The Morgan fingerprint density at radius 3 is 1.58 bits per heavy atom. The van der Waals surface area contributed by atoms with Gasteiger partial charge in [-0.3, -0.25) is 0 Å². The zero-order chi connectivity index (χ0) is 36.7. The van der Waals surface area contributed by atoms with E-state index in [1.807, 2.05) is 0 Å². The Labute approximate surface area is 275 Å². The van der Waals surface area contributed by atoms with Crippen molar-refractivity contribution in [1.82, 2.24) is 0 Å². The highest BCUT2D eigenvalue weighted by Gasteiger charge is 2.47. The quantitative estimate of drug-likeness (QED) is 0.190. The third-order valence-corrected chi connectivity index (χ3v) is 7.57. The lowest BCUT2D eigenvalue weighted by molar-refractivity contribution is -0.275. The second-order valence-electron chi connectivity index (χ2n) is 10.3. The van der Waals surface area contributed by atoms with Gasteiger partial charge in [-0.25, -0.2) is 8.78 Å². The number of ether oxygens (including phenoxy) is 2. The van der Waals surface area contributed by atoms with Gasteiger partial charge in [0, 0.05) is 27.8 Å². The van der Waals surface area contributed by atoms with E-state index in [1.54, 1.807) is 24.3 Å². The molecule has 0 spiro atoms. The molecular weight excluding hydrogens is 676 g/mol. The van der Waals surface area contributed by atoms with Crippen LogP contribution in [0.4, 0.5) is 35.1 Å². The molecular formula is C34H10F8N6O2. The van der Waals surface area contributed by atoms with Gasteiger partial charge in [-0.15, -0.1) is 26.3 Å². The minimum absolute atomic E-state index is 0.358. The molecule has 0 amide bonds. The van der Waals surface area contributed by atoms with Crippen LogP contribution in [0.5, 0.6) is 11.5 Å². The maximum absolute atomic E-state index is 16.4. The fraction of sp³-hybridized carbons (Fsp3) is 0.118. The number of allylic oxidation sites excluding steroid dienone is 6. The van der Waals surface area contributed by atoms with Gasteiger partial charge in [0.1, 0.15) is 53.1 Å². The predicted molar refractivity (Wildman–Crippen MR) is 154 cm³/mol. The third kappa shape index (κ3) is 5.69. The molecule has 0 saturated heterocycles. The first-order chi connectivity index (χ1) is 23.6. The molecule has 0 radical (unpaired) electrons. The summed E-state index contributed by atoms with van der Waals surface area (Å²) in [7, 11) is 0. The van der Waals surface area contributed by atoms with E-state index in [0.29, 0.717) is 0 Å². The van der Waals surface area contributed by atoms with Crippen molar-refractivity contribution in [3.05, 3.63) is 88.0 Å². The van der Waals surface area contributed by atoms with Crippen molar-refractivity contribution in [3.63, 3.8) is 0 Å². The summed E-state index contributed by atoms with van der Waals surface area (Å²) < 4.78 is 120. The Morgan fingerprint density at radius 1 is 0.640 bits per heavy atom. The Balaban J connectivity index is 2.12. The maximum atomic E-state index is 16.4. The predicted octanol–water partition coefficient (Wildman–Crippen LogP) is 8.80. The number of benzene rings is 3. The third-order valence-electron chi connectivity index (χ3n) is 7.57. The summed E-state index contributed by atoms with van der Waals surface area (Å²) in [6, 6.07) is 16.6. The van der Waals surface area contributed by atoms with Crippen molar-refractivity contribution in [1.29, 1.82) is 31.6 Å². The Hall–Kier alpha value is -7.14. The molecule has 2 aliphatic rings. The first-order valence-corrected chi connectivity index (χ1v) is 13.6. The van der Waals surface area contributed by atoms with E-state index in [4.69, 9.17) is 0 Å². The Morgan fingerprint density at radius 2 is 1.14 bits per heavy atom. The lowest BCUT2D eigenvalue weighted by Crippen LogP contribution is -2.17. The van der Waals surface area contributed by atoms with Crippen LogP contribution in [-0.2, 0) is 0 Å². The van der Waals surface area contributed by atoms with Gasteiger partial charge < -0.3 is 9.47 Å². The molecule has 3 aromatic carbocycles. The topological polar surface area (TPSA) is 161 Å². The number of rotatable bonds is 5. The van der Waals surface area contributed by atoms with Gasteiger partial charge in [0.15, 0.2) is 5.83 Å². The molecule has 0 fully saturated rings. The molecule has 0 aliphatic heterocycles. The molecule has 5 rings (SSSR count). The van der Waals surface area contributed by atoms with Crippen LogP contribution in [0.15, 0.2) is 65.8 Å². The van der Waals surface area contributed by atoms with Crippen LogP contribution >= 0.6 is 0 Å². The highest BCUT2D eigenvalue weighted by Crippen LogP contribution is 2.61. The van der Waals surface area contributed by atoms with Gasteiger partial charge in [-0.05, 0) is 46.5 Å². The summed E-state index contributed by atoms with van der Waals surface area (Å²) in [5.41, 5.74) is -7.72. The van der Waals surface area contributed by atoms with Crippen LogP contribution in [0, 0.1) is 73.9 Å². The van der Waals surface area contributed by atoms with Crippen molar-refractivity contribution in [2.75, 3.05) is 0 Å². The molecule has 0 aromatic heterocycles. The number of hydrogen-bond donors (Lipinski definition) is 0. The summed E-state index contributed by atoms with van der Waals surface area (Å²) in [5, 5.41) is 59.8. The average Bonchev–Trinajstić information content (AvgIpc) is 3.49. The summed E-state index contributed by atoms with van der Waals surface area (Å²) >= 11 is 0. The molecule has 1 unspecified atom stereocenters. The molecule has 0 bridgehead atoms. The number of halogens is 8. The zero-order valence-corrected chi connectivity index (χ0v) is 24.3. The van der Waals surface area contributed by atoms with E-state index < -0.39 is 103 Å². The van der Waals surface area contributed by atoms with E-state index in [-0.39, 0.29) is 11.1 Å².